The van der Waals surface area contributed by atoms with Gasteiger partial charge in [-0.05, 0) is 34.8 Å². The van der Waals surface area contributed by atoms with Crippen LogP contribution in [0.15, 0.2) is 9.98 Å². The minimum atomic E-state index is -0.00264. The maximum absolute atomic E-state index is 11.4. The van der Waals surface area contributed by atoms with Gasteiger partial charge in [0.15, 0.2) is 5.13 Å². The maximum Gasteiger partial charge on any atom is 0.226 e. The molecule has 15 heavy (non-hydrogen) atoms. The van der Waals surface area contributed by atoms with Gasteiger partial charge in [0, 0.05) is 6.42 Å². The number of nitrogens with zero attached hydrogens (tertiary/aromatic N) is 1. The molecule has 1 unspecified atom stereocenters. The number of rotatable bonds is 5. The first-order valence-electron chi connectivity index (χ1n) is 4.73. The lowest BCUT2D eigenvalue weighted by molar-refractivity contribution is -0.116. The van der Waals surface area contributed by atoms with Gasteiger partial charge in [0.25, 0.3) is 0 Å². The van der Waals surface area contributed by atoms with Crippen LogP contribution in [0.4, 0.5) is 5.13 Å². The number of hydrogen-bond acceptors (Lipinski definition) is 4. The zero-order chi connectivity index (χ0) is 11.3. The lowest BCUT2D eigenvalue weighted by atomic mass is 10.1. The Morgan fingerprint density at radius 2 is 2.53 bits per heavy atom. The molecule has 0 saturated carbocycles. The topological polar surface area (TPSA) is 68.0 Å². The quantitative estimate of drug-likeness (QED) is 0.874. The number of anilines is 1. The molecule has 0 aliphatic heterocycles. The van der Waals surface area contributed by atoms with Crippen LogP contribution in [-0.2, 0) is 4.79 Å². The van der Waals surface area contributed by atoms with Crippen LogP contribution in [-0.4, -0.2) is 17.4 Å². The van der Waals surface area contributed by atoms with Crippen molar-refractivity contribution in [2.24, 2.45) is 11.7 Å². The minimum Gasteiger partial charge on any atom is -0.330 e. The predicted molar refractivity (Wildman–Crippen MR) is 65.9 cm³/mol. The van der Waals surface area contributed by atoms with Crippen LogP contribution in [0, 0.1) is 5.92 Å². The second-order valence-corrected chi connectivity index (χ2v) is 5.81. The van der Waals surface area contributed by atoms with Crippen molar-refractivity contribution in [2.45, 2.75) is 19.8 Å². The van der Waals surface area contributed by atoms with E-state index in [0.29, 0.717) is 24.0 Å². The highest BCUT2D eigenvalue weighted by Crippen LogP contribution is 2.23. The summed E-state index contributed by atoms with van der Waals surface area (Å²) in [5, 5.41) is 3.37. The SMILES string of the molecule is CC(CN)CCC(=O)Nc1ncc(Br)s1. The van der Waals surface area contributed by atoms with Crippen LogP contribution in [0.2, 0.25) is 0 Å². The van der Waals surface area contributed by atoms with Gasteiger partial charge in [-0.25, -0.2) is 4.98 Å². The van der Waals surface area contributed by atoms with Crippen molar-refractivity contribution in [3.8, 4) is 0 Å². The molecular weight excluding hydrogens is 278 g/mol. The van der Waals surface area contributed by atoms with Gasteiger partial charge in [-0.15, -0.1) is 0 Å². The summed E-state index contributed by atoms with van der Waals surface area (Å²) in [5.41, 5.74) is 5.47. The highest BCUT2D eigenvalue weighted by molar-refractivity contribution is 9.11. The third-order valence-electron chi connectivity index (χ3n) is 1.99. The van der Waals surface area contributed by atoms with Crippen molar-refractivity contribution in [3.05, 3.63) is 9.98 Å². The molecule has 0 spiro atoms. The first-order valence-corrected chi connectivity index (χ1v) is 6.34. The van der Waals surface area contributed by atoms with Crippen LogP contribution in [0.5, 0.6) is 0 Å². The zero-order valence-corrected chi connectivity index (χ0v) is 10.9. The second-order valence-electron chi connectivity index (χ2n) is 3.40. The molecule has 1 atom stereocenters. The molecule has 1 heterocycles. The van der Waals surface area contributed by atoms with Crippen LogP contribution in [0.1, 0.15) is 19.8 Å². The normalized spacial score (nSPS) is 12.5. The maximum atomic E-state index is 11.4. The molecule has 0 aliphatic carbocycles. The first kappa shape index (κ1) is 12.6. The van der Waals surface area contributed by atoms with Gasteiger partial charge in [0.1, 0.15) is 0 Å². The Kier molecular flexibility index (Phi) is 5.21. The summed E-state index contributed by atoms with van der Waals surface area (Å²) in [6.07, 6.45) is 2.98. The molecule has 0 aliphatic rings. The first-order chi connectivity index (χ1) is 7.11. The molecule has 0 bridgehead atoms. The Bertz CT molecular complexity index is 329. The Balaban J connectivity index is 2.30. The lowest BCUT2D eigenvalue weighted by Gasteiger charge is -2.06. The Labute approximate surface area is 101 Å². The number of nitrogens with one attached hydrogen (secondary N) is 1. The molecule has 4 nitrogen and oxygen atoms in total. The van der Waals surface area contributed by atoms with Gasteiger partial charge < -0.3 is 11.1 Å². The fourth-order valence-corrected chi connectivity index (χ4v) is 2.11. The summed E-state index contributed by atoms with van der Waals surface area (Å²) < 4.78 is 0.910. The molecular formula is C9H14BrN3OS. The van der Waals surface area contributed by atoms with Gasteiger partial charge in [0.2, 0.25) is 5.91 Å². The van der Waals surface area contributed by atoms with Crippen molar-refractivity contribution in [1.29, 1.82) is 0 Å². The van der Waals surface area contributed by atoms with Crippen molar-refractivity contribution in [3.63, 3.8) is 0 Å². The number of hydrogen-bond donors (Lipinski definition) is 2. The number of carbonyl (C=O) groups excluding carboxylic acids is 1. The minimum absolute atomic E-state index is 0.00264. The fraction of sp³-hybridized carbons (Fsp3) is 0.556. The molecule has 1 amide bonds. The third-order valence-corrected chi connectivity index (χ3v) is 3.38. The number of nitrogens with two attached hydrogens (primary N) is 1. The van der Waals surface area contributed by atoms with E-state index in [1.54, 1.807) is 6.20 Å². The second kappa shape index (κ2) is 6.19. The molecule has 84 valence electrons. The van der Waals surface area contributed by atoms with Crippen molar-refractivity contribution >= 4 is 38.3 Å². The summed E-state index contributed by atoms with van der Waals surface area (Å²) in [6, 6.07) is 0. The molecule has 0 fully saturated rings. The average Bonchev–Trinajstić information content (AvgIpc) is 2.60. The van der Waals surface area contributed by atoms with Crippen molar-refractivity contribution in [1.82, 2.24) is 4.98 Å². The molecule has 0 radical (unpaired) electrons. The van der Waals surface area contributed by atoms with Gasteiger partial charge in [0.05, 0.1) is 9.98 Å². The summed E-state index contributed by atoms with van der Waals surface area (Å²) >= 11 is 4.69. The largest absolute Gasteiger partial charge is 0.330 e. The van der Waals surface area contributed by atoms with Crippen molar-refractivity contribution < 1.29 is 4.79 Å². The van der Waals surface area contributed by atoms with E-state index in [-0.39, 0.29) is 5.91 Å². The molecule has 0 saturated heterocycles. The number of thiazole rings is 1. The highest BCUT2D eigenvalue weighted by Gasteiger charge is 2.07. The average molecular weight is 292 g/mol. The zero-order valence-electron chi connectivity index (χ0n) is 8.50. The monoisotopic (exact) mass is 291 g/mol. The number of amides is 1. The predicted octanol–water partition coefficient (Wildman–Crippen LogP) is 2.22. The fourth-order valence-electron chi connectivity index (χ4n) is 0.989. The lowest BCUT2D eigenvalue weighted by Crippen LogP contribution is -2.16. The Hall–Kier alpha value is -0.460. The Morgan fingerprint density at radius 3 is 3.07 bits per heavy atom. The number of carbonyl (C=O) groups is 1. The van der Waals surface area contributed by atoms with Crippen molar-refractivity contribution in [2.75, 3.05) is 11.9 Å². The van der Waals surface area contributed by atoms with Crippen LogP contribution in [0.3, 0.4) is 0 Å². The van der Waals surface area contributed by atoms with E-state index < -0.39 is 0 Å². The van der Waals surface area contributed by atoms with E-state index in [2.05, 4.69) is 26.2 Å². The number of halogens is 1. The van der Waals surface area contributed by atoms with Crippen LogP contribution >= 0.6 is 27.3 Å². The van der Waals surface area contributed by atoms with E-state index in [0.717, 1.165) is 10.2 Å². The smallest absolute Gasteiger partial charge is 0.226 e. The molecule has 3 N–H and O–H groups in total. The molecule has 1 aromatic rings. The molecule has 1 aromatic heterocycles. The van der Waals surface area contributed by atoms with E-state index in [9.17, 15) is 4.79 Å². The summed E-state index contributed by atoms with van der Waals surface area (Å²) in [5.74, 6) is 0.385. The van der Waals surface area contributed by atoms with E-state index in [1.807, 2.05) is 6.92 Å². The summed E-state index contributed by atoms with van der Waals surface area (Å²) in [4.78, 5) is 15.5. The van der Waals surface area contributed by atoms with Gasteiger partial charge in [-0.3, -0.25) is 4.79 Å². The van der Waals surface area contributed by atoms with Gasteiger partial charge in [-0.1, -0.05) is 18.3 Å². The number of aromatic nitrogens is 1. The van der Waals surface area contributed by atoms with E-state index in [1.165, 1.54) is 11.3 Å². The summed E-state index contributed by atoms with van der Waals surface area (Å²) in [6.45, 7) is 2.66. The van der Waals surface area contributed by atoms with E-state index >= 15 is 0 Å². The molecule has 6 heteroatoms. The van der Waals surface area contributed by atoms with Crippen LogP contribution < -0.4 is 11.1 Å². The van der Waals surface area contributed by atoms with Gasteiger partial charge >= 0.3 is 0 Å². The third kappa shape index (κ3) is 4.72. The standard InChI is InChI=1S/C9H14BrN3OS/c1-6(4-11)2-3-8(14)13-9-12-5-7(10)15-9/h5-6H,2-4,11H2,1H3,(H,12,13,14). The molecule has 0 aromatic carbocycles. The Morgan fingerprint density at radius 1 is 1.80 bits per heavy atom. The molecule has 1 rings (SSSR count). The highest BCUT2D eigenvalue weighted by atomic mass is 79.9. The van der Waals surface area contributed by atoms with Crippen LogP contribution in [0.25, 0.3) is 0 Å². The van der Waals surface area contributed by atoms with E-state index in [4.69, 9.17) is 5.73 Å². The van der Waals surface area contributed by atoms with Gasteiger partial charge in [-0.2, -0.15) is 0 Å². The summed E-state index contributed by atoms with van der Waals surface area (Å²) in [7, 11) is 0.